The van der Waals surface area contributed by atoms with Crippen LogP contribution in [0.2, 0.25) is 0 Å². The predicted molar refractivity (Wildman–Crippen MR) is 28.3 cm³/mol. The summed E-state index contributed by atoms with van der Waals surface area (Å²) in [6, 6.07) is 0. The Kier molecular flexibility index (Phi) is 1.12. The maximum atomic E-state index is 10.3. The molecule has 1 heterocycles. The summed E-state index contributed by atoms with van der Waals surface area (Å²) in [6.45, 7) is 1.71. The fourth-order valence-corrected chi connectivity index (χ4v) is 0.395. The molecule has 1 aliphatic rings. The zero-order valence-corrected chi connectivity index (χ0v) is 4.38. The number of rotatable bonds is 0. The molecule has 2 radical (unpaired) electrons. The maximum absolute atomic E-state index is 10.3. The molecule has 0 fully saturated rings. The number of carbonyl (C=O) groups excluding carboxylic acids is 1. The van der Waals surface area contributed by atoms with Crippen molar-refractivity contribution >= 4 is 12.1 Å². The first-order chi connectivity index (χ1) is 3.79. The van der Waals surface area contributed by atoms with Gasteiger partial charge in [0, 0.05) is 6.20 Å². The predicted octanol–water partition coefficient (Wildman–Crippen LogP) is -0.0599. The van der Waals surface area contributed by atoms with Crippen molar-refractivity contribution < 1.29 is 4.79 Å². The van der Waals surface area contributed by atoms with Gasteiger partial charge in [0.25, 0.3) is 5.91 Å². The van der Waals surface area contributed by atoms with Gasteiger partial charge in [-0.15, -0.1) is 0 Å². The zero-order chi connectivity index (χ0) is 5.98. The summed E-state index contributed by atoms with van der Waals surface area (Å²) in [7, 11) is 0. The van der Waals surface area contributed by atoms with E-state index in [-0.39, 0.29) is 0 Å². The molecule has 0 saturated heterocycles. The van der Waals surface area contributed by atoms with Crippen LogP contribution in [-0.4, -0.2) is 12.1 Å². The number of amides is 1. The molecular weight excluding hydrogens is 104 g/mol. The molecular formula is C5H4N2O. The van der Waals surface area contributed by atoms with Crippen LogP contribution in [0.4, 0.5) is 0 Å². The molecule has 0 aromatic heterocycles. The number of aliphatic imine (C=N–C) groups is 1. The molecule has 0 aliphatic carbocycles. The Morgan fingerprint density at radius 2 is 2.50 bits per heavy atom. The Labute approximate surface area is 47.1 Å². The molecule has 1 amide bonds. The number of hydrogen-bond donors (Lipinski definition) is 0. The molecule has 3 heteroatoms. The van der Waals surface area contributed by atoms with Gasteiger partial charge in [-0.1, -0.05) is 0 Å². The molecule has 0 aromatic rings. The molecule has 8 heavy (non-hydrogen) atoms. The summed E-state index contributed by atoms with van der Waals surface area (Å²) in [5.74, 6) is -0.398. The second kappa shape index (κ2) is 1.78. The van der Waals surface area contributed by atoms with Crippen LogP contribution in [0.3, 0.4) is 0 Å². The van der Waals surface area contributed by atoms with Crippen LogP contribution in [0, 0.1) is 0 Å². The van der Waals surface area contributed by atoms with Gasteiger partial charge in [0.2, 0.25) is 0 Å². The zero-order valence-electron chi connectivity index (χ0n) is 4.38. The molecule has 1 aliphatic heterocycles. The van der Waals surface area contributed by atoms with Gasteiger partial charge in [0.05, 0.1) is 5.70 Å². The standard InChI is InChI=1S/C5H4N2O/c1-4-2-6-3-5(8)7-4/h2H,1H3. The van der Waals surface area contributed by atoms with E-state index in [9.17, 15) is 4.79 Å². The van der Waals surface area contributed by atoms with Crippen LogP contribution in [-0.2, 0) is 4.79 Å². The normalized spacial score (nSPS) is 17.6. The summed E-state index contributed by atoms with van der Waals surface area (Å²) in [5, 5.41) is 3.50. The highest BCUT2D eigenvalue weighted by Gasteiger charge is 2.03. The van der Waals surface area contributed by atoms with Crippen molar-refractivity contribution in [2.75, 3.05) is 0 Å². The van der Waals surface area contributed by atoms with Crippen molar-refractivity contribution in [2.45, 2.75) is 6.92 Å². The van der Waals surface area contributed by atoms with Crippen LogP contribution in [0.15, 0.2) is 16.9 Å². The van der Waals surface area contributed by atoms with Gasteiger partial charge < -0.3 is 0 Å². The topological polar surface area (TPSA) is 43.5 Å². The van der Waals surface area contributed by atoms with E-state index < -0.39 is 5.91 Å². The van der Waals surface area contributed by atoms with E-state index in [1.807, 2.05) is 0 Å². The smallest absolute Gasteiger partial charge is 0.265 e. The van der Waals surface area contributed by atoms with Crippen molar-refractivity contribution in [1.82, 2.24) is 5.32 Å². The van der Waals surface area contributed by atoms with E-state index in [0.717, 1.165) is 0 Å². The molecule has 0 spiro atoms. The number of nitrogens with zero attached hydrogens (tertiary/aromatic N) is 2. The number of carbonyl (C=O) groups is 1. The highest BCUT2D eigenvalue weighted by Crippen LogP contribution is 1.92. The molecule has 3 nitrogen and oxygen atoms in total. The molecule has 0 aromatic carbocycles. The summed E-state index contributed by atoms with van der Waals surface area (Å²) in [4.78, 5) is 13.7. The lowest BCUT2D eigenvalue weighted by atomic mass is 10.4. The molecule has 0 saturated carbocycles. The summed E-state index contributed by atoms with van der Waals surface area (Å²) >= 11 is 0. The van der Waals surface area contributed by atoms with Crippen LogP contribution in [0.5, 0.6) is 0 Å². The Morgan fingerprint density at radius 1 is 1.75 bits per heavy atom. The molecule has 0 bridgehead atoms. The Balaban J connectivity index is 2.73. The number of hydrogen-bond acceptors (Lipinski definition) is 2. The summed E-state index contributed by atoms with van der Waals surface area (Å²) in [6.07, 6.45) is 3.64. The third kappa shape index (κ3) is 0.932. The van der Waals surface area contributed by atoms with E-state index >= 15 is 0 Å². The van der Waals surface area contributed by atoms with Gasteiger partial charge in [-0.2, -0.15) is 0 Å². The summed E-state index contributed by atoms with van der Waals surface area (Å²) < 4.78 is 0. The summed E-state index contributed by atoms with van der Waals surface area (Å²) in [5.41, 5.74) is 0.633. The first-order valence-corrected chi connectivity index (χ1v) is 2.17. The van der Waals surface area contributed by atoms with Crippen molar-refractivity contribution in [3.8, 4) is 0 Å². The lowest BCUT2D eigenvalue weighted by Gasteiger charge is -1.97. The van der Waals surface area contributed by atoms with Crippen molar-refractivity contribution in [3.05, 3.63) is 11.9 Å². The fourth-order valence-electron chi connectivity index (χ4n) is 0.395. The third-order valence-corrected chi connectivity index (χ3v) is 0.689. The first kappa shape index (κ1) is 5.03. The van der Waals surface area contributed by atoms with E-state index in [1.54, 1.807) is 6.92 Å². The lowest BCUT2D eigenvalue weighted by Crippen LogP contribution is -2.16. The monoisotopic (exact) mass is 108 g/mol. The van der Waals surface area contributed by atoms with Crippen LogP contribution in [0.25, 0.3) is 0 Å². The minimum atomic E-state index is -0.398. The highest BCUT2D eigenvalue weighted by molar-refractivity contribution is 6.27. The number of allylic oxidation sites excluding steroid dienone is 1. The molecule has 0 unspecified atom stereocenters. The molecule has 0 N–H and O–H groups in total. The first-order valence-electron chi connectivity index (χ1n) is 2.17. The van der Waals surface area contributed by atoms with Gasteiger partial charge in [0.15, 0.2) is 6.21 Å². The second-order valence-electron chi connectivity index (χ2n) is 1.43. The second-order valence-corrected chi connectivity index (χ2v) is 1.43. The quantitative estimate of drug-likeness (QED) is 0.428. The van der Waals surface area contributed by atoms with E-state index in [1.165, 1.54) is 6.20 Å². The lowest BCUT2D eigenvalue weighted by molar-refractivity contribution is -0.114. The highest BCUT2D eigenvalue weighted by atomic mass is 16.1. The van der Waals surface area contributed by atoms with Gasteiger partial charge >= 0.3 is 0 Å². The van der Waals surface area contributed by atoms with Gasteiger partial charge in [-0.25, -0.2) is 10.3 Å². The Morgan fingerprint density at radius 3 is 2.88 bits per heavy atom. The third-order valence-electron chi connectivity index (χ3n) is 0.689. The van der Waals surface area contributed by atoms with Crippen LogP contribution < -0.4 is 5.32 Å². The largest absolute Gasteiger partial charge is 0.298 e. The average molecular weight is 108 g/mol. The average Bonchev–Trinajstić information content (AvgIpc) is 1.64. The van der Waals surface area contributed by atoms with Crippen molar-refractivity contribution in [2.24, 2.45) is 4.99 Å². The Hall–Kier alpha value is -1.12. The maximum Gasteiger partial charge on any atom is 0.298 e. The van der Waals surface area contributed by atoms with Gasteiger partial charge in [0.1, 0.15) is 0 Å². The minimum absolute atomic E-state index is 0.398. The van der Waals surface area contributed by atoms with Crippen molar-refractivity contribution in [1.29, 1.82) is 0 Å². The molecule has 40 valence electrons. The van der Waals surface area contributed by atoms with Gasteiger partial charge in [-0.3, -0.25) is 4.79 Å². The van der Waals surface area contributed by atoms with Crippen LogP contribution >= 0.6 is 0 Å². The van der Waals surface area contributed by atoms with Crippen molar-refractivity contribution in [3.63, 3.8) is 0 Å². The minimum Gasteiger partial charge on any atom is -0.265 e. The SMILES string of the molecule is CC1=CN=[C]C(=O)[N]1. The van der Waals surface area contributed by atoms with E-state index in [0.29, 0.717) is 5.70 Å². The fraction of sp³-hybridized carbons (Fsp3) is 0.200. The van der Waals surface area contributed by atoms with Crippen LogP contribution in [0.1, 0.15) is 6.92 Å². The van der Waals surface area contributed by atoms with E-state index in [4.69, 9.17) is 0 Å². The molecule has 1 rings (SSSR count). The Bertz CT molecular complexity index is 169. The van der Waals surface area contributed by atoms with Gasteiger partial charge in [-0.05, 0) is 6.92 Å². The molecule has 0 atom stereocenters. The van der Waals surface area contributed by atoms with E-state index in [2.05, 4.69) is 16.5 Å².